The molecule has 0 aliphatic carbocycles. The van der Waals surface area contributed by atoms with E-state index in [4.69, 9.17) is 24.0 Å². The summed E-state index contributed by atoms with van der Waals surface area (Å²) < 4.78 is 84.3. The molecule has 0 saturated carbocycles. The summed E-state index contributed by atoms with van der Waals surface area (Å²) in [5, 5.41) is 10.3. The minimum Gasteiger partial charge on any atom is -0.497 e. The van der Waals surface area contributed by atoms with Crippen molar-refractivity contribution in [3.63, 3.8) is 0 Å². The predicted molar refractivity (Wildman–Crippen MR) is 307 cm³/mol. The molecule has 2 fully saturated rings. The lowest BCUT2D eigenvalue weighted by Crippen LogP contribution is -2.36. The molecule has 4 heterocycles. The molecule has 0 bridgehead atoms. The normalized spacial score (nSPS) is 17.2. The van der Waals surface area contributed by atoms with Crippen molar-refractivity contribution in [2.24, 2.45) is 5.73 Å². The van der Waals surface area contributed by atoms with Gasteiger partial charge >= 0.3 is 0 Å². The number of nitrogens with zero attached hydrogens (tertiary/aromatic N) is 6. The highest BCUT2D eigenvalue weighted by Crippen LogP contribution is 2.44. The number of carbonyl (C=O) groups excluding carboxylic acids is 2. The van der Waals surface area contributed by atoms with E-state index in [2.05, 4.69) is 34.9 Å². The Kier molecular flexibility index (Phi) is 18.2. The largest absolute Gasteiger partial charge is 0.497 e. The molecule has 3 N–H and O–H groups in total. The number of hydrogen-bond acceptors (Lipinski definition) is 14. The van der Waals surface area contributed by atoms with Crippen molar-refractivity contribution < 1.29 is 49.8 Å². The van der Waals surface area contributed by atoms with Crippen LogP contribution in [0.25, 0.3) is 0 Å². The van der Waals surface area contributed by atoms with Crippen molar-refractivity contribution in [2.45, 2.75) is 114 Å². The van der Waals surface area contributed by atoms with Crippen LogP contribution in [0, 0.1) is 27.7 Å². The average Bonchev–Trinajstić information content (AvgIpc) is 4.32. The minimum atomic E-state index is -4.31. The van der Waals surface area contributed by atoms with Gasteiger partial charge in [0, 0.05) is 65.3 Å². The summed E-state index contributed by atoms with van der Waals surface area (Å²) >= 11 is 0. The van der Waals surface area contributed by atoms with Crippen LogP contribution in [0.5, 0.6) is 11.5 Å². The lowest BCUT2D eigenvalue weighted by Gasteiger charge is -2.31. The Morgan fingerprint density at radius 3 is 1.82 bits per heavy atom. The summed E-state index contributed by atoms with van der Waals surface area (Å²) in [4.78, 5) is 38.8. The van der Waals surface area contributed by atoms with E-state index < -0.39 is 56.5 Å². The molecule has 2 aliphatic rings. The molecule has 3 unspecified atom stereocenters. The van der Waals surface area contributed by atoms with Crippen LogP contribution >= 0.6 is 0 Å². The Labute approximate surface area is 471 Å². The molecular formula is C60H77N7O11S2. The van der Waals surface area contributed by atoms with Crippen molar-refractivity contribution in [3.05, 3.63) is 158 Å². The van der Waals surface area contributed by atoms with Gasteiger partial charge in [0.15, 0.2) is 0 Å². The van der Waals surface area contributed by atoms with Crippen LogP contribution in [0.2, 0.25) is 0 Å². The monoisotopic (exact) mass is 1140 g/mol. The van der Waals surface area contributed by atoms with Gasteiger partial charge in [0.25, 0.3) is 11.8 Å². The summed E-state index contributed by atoms with van der Waals surface area (Å²) in [5.74, 6) is -0.951. The van der Waals surface area contributed by atoms with Gasteiger partial charge in [-0.05, 0) is 136 Å². The van der Waals surface area contributed by atoms with Crippen LogP contribution < -0.4 is 20.1 Å². The number of ether oxygens (including phenoxy) is 2. The Balaban J connectivity index is 1.27. The molecule has 18 nitrogen and oxygen atoms in total. The lowest BCUT2D eigenvalue weighted by molar-refractivity contribution is 0.0976. The number of hydrogen-bond donors (Lipinski definition) is 2. The van der Waals surface area contributed by atoms with E-state index in [-0.39, 0.29) is 50.4 Å². The summed E-state index contributed by atoms with van der Waals surface area (Å²) in [6.07, 6.45) is 2.54. The molecular weight excluding hydrogens is 1060 g/mol. The second-order valence-electron chi connectivity index (χ2n) is 21.8. The van der Waals surface area contributed by atoms with E-state index >= 15 is 4.79 Å². The summed E-state index contributed by atoms with van der Waals surface area (Å²) in [6.45, 7) is 14.0. The highest BCUT2D eigenvalue weighted by molar-refractivity contribution is 7.89. The average molecular weight is 1140 g/mol. The zero-order valence-electron chi connectivity index (χ0n) is 48.1. The molecule has 4 aromatic carbocycles. The topological polar surface area (TPSA) is 213 Å². The number of aryl methyl sites for hydroxylation is 4. The molecule has 2 aromatic heterocycles. The van der Waals surface area contributed by atoms with Crippen LogP contribution in [-0.4, -0.2) is 138 Å². The Hall–Kier alpha value is -6.36. The third-order valence-corrected chi connectivity index (χ3v) is 20.0. The van der Waals surface area contributed by atoms with Crippen molar-refractivity contribution >= 4 is 37.5 Å². The third kappa shape index (κ3) is 12.4. The first-order valence-electron chi connectivity index (χ1n) is 26.9. The number of anilines is 1. The molecule has 8 rings (SSSR count). The van der Waals surface area contributed by atoms with Gasteiger partial charge in [-0.25, -0.2) is 16.8 Å². The maximum atomic E-state index is 15.9. The molecule has 0 radical (unpaired) electrons. The molecule has 430 valence electrons. The van der Waals surface area contributed by atoms with Crippen LogP contribution in [-0.2, 0) is 46.2 Å². The summed E-state index contributed by atoms with van der Waals surface area (Å²) in [6, 6.07) is 23.2. The number of primary amides is 1. The first-order chi connectivity index (χ1) is 37.8. The number of likely N-dealkylation sites (N-methyl/N-ethyl adjacent to an activating group) is 1. The van der Waals surface area contributed by atoms with Gasteiger partial charge in [-0.2, -0.15) is 8.61 Å². The van der Waals surface area contributed by atoms with E-state index in [1.165, 1.54) is 45.5 Å². The Morgan fingerprint density at radius 2 is 1.30 bits per heavy atom. The summed E-state index contributed by atoms with van der Waals surface area (Å²) in [7, 11) is 1.62. The van der Waals surface area contributed by atoms with Crippen LogP contribution in [0.4, 0.5) is 5.69 Å². The predicted octanol–water partition coefficient (Wildman–Crippen LogP) is 8.13. The van der Waals surface area contributed by atoms with Crippen molar-refractivity contribution in [1.29, 1.82) is 0 Å². The first kappa shape index (κ1) is 59.8. The van der Waals surface area contributed by atoms with Gasteiger partial charge < -0.3 is 34.0 Å². The van der Waals surface area contributed by atoms with E-state index in [0.717, 1.165) is 51.4 Å². The second-order valence-corrected chi connectivity index (χ2v) is 25.8. The number of aliphatic hydroxyl groups excluding tert-OH is 1. The van der Waals surface area contributed by atoms with Crippen molar-refractivity contribution in [2.75, 3.05) is 73.5 Å². The molecule has 20 heteroatoms. The number of rotatable bonds is 22. The van der Waals surface area contributed by atoms with Gasteiger partial charge in [0.1, 0.15) is 46.3 Å². The lowest BCUT2D eigenvalue weighted by atomic mass is 9.90. The highest BCUT2D eigenvalue weighted by atomic mass is 32.2. The van der Waals surface area contributed by atoms with E-state index in [1.807, 2.05) is 49.4 Å². The van der Waals surface area contributed by atoms with Gasteiger partial charge in [-0.15, -0.1) is 0 Å². The van der Waals surface area contributed by atoms with Crippen LogP contribution in [0.3, 0.4) is 0 Å². The second kappa shape index (κ2) is 24.4. The fourth-order valence-electron chi connectivity index (χ4n) is 11.5. The number of benzene rings is 4. The molecule has 2 amide bonds. The summed E-state index contributed by atoms with van der Waals surface area (Å²) in [5.41, 5.74) is 11.8. The van der Waals surface area contributed by atoms with Gasteiger partial charge in [-0.3, -0.25) is 24.3 Å². The minimum absolute atomic E-state index is 0.00767. The number of amides is 2. The van der Waals surface area contributed by atoms with Crippen molar-refractivity contribution in [3.8, 4) is 11.5 Å². The molecule has 0 spiro atoms. The standard InChI is InChI=1S/C60H77N7O11S2/c1-37-25-49(75-11)26-38(2)57(37)79(71,72)63(9)34-51-29-46(36-77-51)60(70)67(42(6)44-19-17-43(18-20-44)30-65-24-22-48(68)33-65)55-53(35-64(10)80(73,74)58-39(3)27-50(76-12)28-40(58)4)78-56(54(55)59(61)69)41(5)52-16-14-13-15-45(52)31-66-23-21-47(32-66)62(7)8/h13-20,25-29,36,41-42,47-48,68H,21-24,30-35H2,1-12H3,(H2,61,69)/t41?,42?,47-,48?/m0/s1. The molecule has 80 heavy (non-hydrogen) atoms. The number of furan rings is 2. The number of nitrogens with two attached hydrogens (primary N) is 1. The zero-order chi connectivity index (χ0) is 58.1. The number of aliphatic hydroxyl groups is 1. The number of methoxy groups -OCH3 is 2. The number of likely N-dealkylation sites (tertiary alicyclic amines) is 2. The van der Waals surface area contributed by atoms with Crippen molar-refractivity contribution in [1.82, 2.24) is 23.3 Å². The number of β-amino-alcohol motifs (C(OH)–C–C–N with tert-alkyl or cyclic N) is 1. The van der Waals surface area contributed by atoms with Gasteiger partial charge in [-0.1, -0.05) is 55.5 Å². The maximum absolute atomic E-state index is 15.9. The Bertz CT molecular complexity index is 3420. The highest BCUT2D eigenvalue weighted by Gasteiger charge is 2.40. The fourth-order valence-corrected chi connectivity index (χ4v) is 14.5. The third-order valence-electron chi connectivity index (χ3n) is 15.8. The van der Waals surface area contributed by atoms with Gasteiger partial charge in [0.05, 0.1) is 54.8 Å². The maximum Gasteiger partial charge on any atom is 0.262 e. The molecule has 2 saturated heterocycles. The Morgan fingerprint density at radius 1 is 0.750 bits per heavy atom. The molecule has 2 aliphatic heterocycles. The smallest absolute Gasteiger partial charge is 0.262 e. The molecule has 4 atom stereocenters. The van der Waals surface area contributed by atoms with E-state index in [9.17, 15) is 26.7 Å². The van der Waals surface area contributed by atoms with E-state index in [1.54, 1.807) is 58.9 Å². The number of carbonyl (C=O) groups is 2. The van der Waals surface area contributed by atoms with Crippen LogP contribution in [0.15, 0.2) is 104 Å². The number of sulfonamides is 2. The molecule has 6 aromatic rings. The SMILES string of the molecule is COc1cc(C)c(S(=O)(=O)N(C)Cc2cc(C(=O)N(c3c(CN(C)S(=O)(=O)c4c(C)cc(OC)cc4C)oc(C(C)c4ccccc4CN4CC[C@H](N(C)C)C4)c3C(N)=O)C(C)c3ccc(CN4CCC(O)C4)cc3)co2)c(C)c1. The van der Waals surface area contributed by atoms with Crippen LogP contribution in [0.1, 0.15) is 121 Å². The van der Waals surface area contributed by atoms with E-state index in [0.29, 0.717) is 71.4 Å². The first-order valence-corrected chi connectivity index (χ1v) is 29.8. The quantitative estimate of drug-likeness (QED) is 0.0657. The fraction of sp³-hybridized carbons (Fsp3) is 0.433. The van der Waals surface area contributed by atoms with Gasteiger partial charge in [0.2, 0.25) is 20.0 Å². The zero-order valence-corrected chi connectivity index (χ0v) is 49.7.